The van der Waals surface area contributed by atoms with E-state index in [4.69, 9.17) is 0 Å². The van der Waals surface area contributed by atoms with Gasteiger partial charge in [0, 0.05) is 31.7 Å². The van der Waals surface area contributed by atoms with Gasteiger partial charge in [-0.15, -0.1) is 0 Å². The second-order valence-corrected chi connectivity index (χ2v) is 8.67. The number of amides is 2. The number of hydrogen-bond donors (Lipinski definition) is 3. The Morgan fingerprint density at radius 1 is 1.21 bits per heavy atom. The molecule has 1 aliphatic rings. The molecule has 0 aromatic heterocycles. The first-order chi connectivity index (χ1) is 13.7. The minimum atomic E-state index is -3.74. The number of aliphatic imine (C=N–C) groups is 1. The number of carbonyl (C=O) groups is 2. The molecule has 1 unspecified atom stereocenters. The molecule has 0 bridgehead atoms. The highest BCUT2D eigenvalue weighted by Gasteiger charge is 2.20. The summed E-state index contributed by atoms with van der Waals surface area (Å²) < 4.78 is 27.5. The van der Waals surface area contributed by atoms with Crippen LogP contribution in [-0.2, 0) is 19.6 Å². The summed E-state index contributed by atoms with van der Waals surface area (Å²) in [6.07, 6.45) is 1.44. The van der Waals surface area contributed by atoms with E-state index < -0.39 is 10.0 Å². The van der Waals surface area contributed by atoms with Gasteiger partial charge in [-0.1, -0.05) is 6.07 Å². The average Bonchev–Trinajstić information content (AvgIpc) is 3.15. The molecule has 2 amide bonds. The van der Waals surface area contributed by atoms with Crippen LogP contribution in [0.3, 0.4) is 0 Å². The summed E-state index contributed by atoms with van der Waals surface area (Å²) in [5, 5.41) is 2.70. The van der Waals surface area contributed by atoms with Crippen LogP contribution in [0.25, 0.3) is 0 Å². The second kappa shape index (κ2) is 10.4. The minimum absolute atomic E-state index is 0.00529. The largest absolute Gasteiger partial charge is 0.338 e. The number of quaternary nitrogens is 1. The molecule has 0 radical (unpaired) electrons. The van der Waals surface area contributed by atoms with Gasteiger partial charge in [0.05, 0.1) is 11.9 Å². The summed E-state index contributed by atoms with van der Waals surface area (Å²) >= 11 is 0. The molecule has 0 spiro atoms. The van der Waals surface area contributed by atoms with Crippen molar-refractivity contribution in [3.05, 3.63) is 24.3 Å². The molecular formula is C19H30N5O4S+. The predicted molar refractivity (Wildman–Crippen MR) is 111 cm³/mol. The third-order valence-corrected chi connectivity index (χ3v) is 5.97. The Kier molecular flexibility index (Phi) is 8.15. The third kappa shape index (κ3) is 6.82. The van der Waals surface area contributed by atoms with Crippen molar-refractivity contribution < 1.29 is 22.9 Å². The fraction of sp³-hybridized carbons (Fsp3) is 0.526. The number of carbonyl (C=O) groups excluding carboxylic acids is 2. The number of benzene rings is 1. The fourth-order valence-electron chi connectivity index (χ4n) is 3.07. The number of hydrogen-bond acceptors (Lipinski definition) is 5. The number of amidine groups is 1. The van der Waals surface area contributed by atoms with Crippen molar-refractivity contribution in [3.63, 3.8) is 0 Å². The van der Waals surface area contributed by atoms with E-state index in [1.807, 2.05) is 13.8 Å². The number of nitrogens with one attached hydrogen (secondary N) is 3. The molecule has 29 heavy (non-hydrogen) atoms. The van der Waals surface area contributed by atoms with Crippen LogP contribution in [-0.4, -0.2) is 70.7 Å². The molecule has 0 fully saturated rings. The van der Waals surface area contributed by atoms with Crippen molar-refractivity contribution in [3.8, 4) is 0 Å². The molecule has 10 heteroatoms. The van der Waals surface area contributed by atoms with Crippen molar-refractivity contribution in [2.45, 2.75) is 31.6 Å². The number of rotatable bonds is 9. The van der Waals surface area contributed by atoms with Gasteiger partial charge < -0.3 is 15.1 Å². The van der Waals surface area contributed by atoms with Gasteiger partial charge in [0.25, 0.3) is 21.8 Å². The fourth-order valence-corrected chi connectivity index (χ4v) is 4.20. The lowest BCUT2D eigenvalue weighted by Gasteiger charge is -2.21. The standard InChI is InChI=1S/C19H29N5O4S/c1-4-24(5-2)19(26)14-23(3)13-18(25)21-15-8-6-9-16(12-15)29(27,28)22-17-10-7-11-20-17/h6,8-9,12H,4-5,7,10-11,13-14H2,1-3H3,(H,20,22)(H,21,25)/p+1. The normalized spacial score (nSPS) is 14.8. The van der Waals surface area contributed by atoms with Gasteiger partial charge >= 0.3 is 0 Å². The molecule has 1 heterocycles. The van der Waals surface area contributed by atoms with Gasteiger partial charge in [-0.05, 0) is 38.5 Å². The van der Waals surface area contributed by atoms with E-state index in [1.54, 1.807) is 24.1 Å². The van der Waals surface area contributed by atoms with Crippen LogP contribution in [0, 0.1) is 0 Å². The molecule has 1 aromatic carbocycles. The Balaban J connectivity index is 1.95. The Morgan fingerprint density at radius 2 is 1.93 bits per heavy atom. The van der Waals surface area contributed by atoms with Crippen LogP contribution in [0.2, 0.25) is 0 Å². The SMILES string of the molecule is CCN(CC)C(=O)C[NH+](C)CC(=O)Nc1cccc(S(=O)(=O)NC2=NCCC2)c1. The maximum absolute atomic E-state index is 12.5. The van der Waals surface area contributed by atoms with Crippen molar-refractivity contribution in [2.75, 3.05) is 45.1 Å². The van der Waals surface area contributed by atoms with E-state index in [9.17, 15) is 18.0 Å². The van der Waals surface area contributed by atoms with Gasteiger partial charge in [0.2, 0.25) is 0 Å². The van der Waals surface area contributed by atoms with E-state index in [1.165, 1.54) is 12.1 Å². The van der Waals surface area contributed by atoms with Gasteiger partial charge in [-0.25, -0.2) is 8.42 Å². The van der Waals surface area contributed by atoms with Crippen LogP contribution in [0.1, 0.15) is 26.7 Å². The third-order valence-electron chi connectivity index (χ3n) is 4.59. The molecule has 3 N–H and O–H groups in total. The second-order valence-electron chi connectivity index (χ2n) is 6.99. The van der Waals surface area contributed by atoms with Crippen molar-refractivity contribution in [1.82, 2.24) is 9.62 Å². The zero-order valence-corrected chi connectivity index (χ0v) is 18.0. The Labute approximate surface area is 172 Å². The first-order valence-corrected chi connectivity index (χ1v) is 11.3. The molecule has 1 aliphatic heterocycles. The van der Waals surface area contributed by atoms with Gasteiger partial charge in [-0.3, -0.25) is 19.3 Å². The highest BCUT2D eigenvalue weighted by atomic mass is 32.2. The molecule has 160 valence electrons. The highest BCUT2D eigenvalue weighted by Crippen LogP contribution is 2.16. The molecular weight excluding hydrogens is 394 g/mol. The summed E-state index contributed by atoms with van der Waals surface area (Å²) in [5.74, 6) is 0.161. The number of anilines is 1. The minimum Gasteiger partial charge on any atom is -0.338 e. The van der Waals surface area contributed by atoms with E-state index in [0.717, 1.165) is 11.3 Å². The summed E-state index contributed by atoms with van der Waals surface area (Å²) in [5.41, 5.74) is 0.383. The molecule has 9 nitrogen and oxygen atoms in total. The lowest BCUT2D eigenvalue weighted by atomic mass is 10.3. The predicted octanol–water partition coefficient (Wildman–Crippen LogP) is -0.521. The Bertz CT molecular complexity index is 865. The van der Waals surface area contributed by atoms with E-state index in [-0.39, 0.29) is 29.8 Å². The first kappa shape index (κ1) is 22.8. The molecule has 0 saturated heterocycles. The van der Waals surface area contributed by atoms with Gasteiger partial charge in [0.15, 0.2) is 13.1 Å². The van der Waals surface area contributed by atoms with E-state index in [0.29, 0.717) is 37.6 Å². The van der Waals surface area contributed by atoms with E-state index in [2.05, 4.69) is 15.0 Å². The summed E-state index contributed by atoms with van der Waals surface area (Å²) in [4.78, 5) is 31.1. The number of likely N-dealkylation sites (N-methyl/N-ethyl adjacent to an activating group) is 2. The van der Waals surface area contributed by atoms with Gasteiger partial charge in [0.1, 0.15) is 5.84 Å². The van der Waals surface area contributed by atoms with Crippen molar-refractivity contribution >= 4 is 33.4 Å². The van der Waals surface area contributed by atoms with Crippen LogP contribution < -0.4 is 14.9 Å². The Morgan fingerprint density at radius 3 is 2.55 bits per heavy atom. The number of nitrogens with zero attached hydrogens (tertiary/aromatic N) is 2. The van der Waals surface area contributed by atoms with Crippen molar-refractivity contribution in [1.29, 1.82) is 0 Å². The molecule has 1 aromatic rings. The highest BCUT2D eigenvalue weighted by molar-refractivity contribution is 7.90. The lowest BCUT2D eigenvalue weighted by Crippen LogP contribution is -3.11. The number of sulfonamides is 1. The maximum atomic E-state index is 12.5. The summed E-state index contributed by atoms with van der Waals surface area (Å²) in [6, 6.07) is 6.07. The van der Waals surface area contributed by atoms with E-state index >= 15 is 0 Å². The smallest absolute Gasteiger partial charge is 0.279 e. The Hall–Kier alpha value is -2.46. The van der Waals surface area contributed by atoms with Crippen molar-refractivity contribution in [2.24, 2.45) is 4.99 Å². The van der Waals surface area contributed by atoms with Crippen LogP contribution in [0.15, 0.2) is 34.2 Å². The summed E-state index contributed by atoms with van der Waals surface area (Å²) in [6.45, 7) is 6.04. The lowest BCUT2D eigenvalue weighted by molar-refractivity contribution is -0.862. The molecule has 1 atom stereocenters. The summed E-state index contributed by atoms with van der Waals surface area (Å²) in [7, 11) is -1.97. The van der Waals surface area contributed by atoms with Crippen LogP contribution in [0.4, 0.5) is 5.69 Å². The molecule has 2 rings (SSSR count). The molecule has 0 saturated carbocycles. The zero-order chi connectivity index (χ0) is 21.4. The topological polar surface area (TPSA) is 112 Å². The van der Waals surface area contributed by atoms with Crippen LogP contribution >= 0.6 is 0 Å². The molecule has 0 aliphatic carbocycles. The quantitative estimate of drug-likeness (QED) is 0.495. The zero-order valence-electron chi connectivity index (χ0n) is 17.2. The van der Waals surface area contributed by atoms with Gasteiger partial charge in [-0.2, -0.15) is 0 Å². The van der Waals surface area contributed by atoms with Crippen LogP contribution in [0.5, 0.6) is 0 Å². The first-order valence-electron chi connectivity index (χ1n) is 9.80. The maximum Gasteiger partial charge on any atom is 0.279 e. The monoisotopic (exact) mass is 424 g/mol. The average molecular weight is 425 g/mol.